The first-order valence-electron chi connectivity index (χ1n) is 5.14. The minimum Gasteiger partial charge on any atom is -0.383 e. The molecule has 8 heteroatoms. The fourth-order valence-corrected chi connectivity index (χ4v) is 1.29. The summed E-state index contributed by atoms with van der Waals surface area (Å²) in [4.78, 5) is 5.51. The van der Waals surface area contributed by atoms with Crippen molar-refractivity contribution in [3.05, 3.63) is 17.7 Å². The Labute approximate surface area is 103 Å². The maximum atomic E-state index is 12.7. The number of halogens is 3. The van der Waals surface area contributed by atoms with Gasteiger partial charge in [-0.1, -0.05) is 0 Å². The number of hydrogen-bond acceptors (Lipinski definition) is 5. The number of alkyl halides is 3. The Kier molecular flexibility index (Phi) is 4.74. The summed E-state index contributed by atoms with van der Waals surface area (Å²) in [6, 6.07) is 1.82. The minimum atomic E-state index is -4.44. The highest BCUT2D eigenvalue weighted by Gasteiger charge is 2.32. The summed E-state index contributed by atoms with van der Waals surface area (Å²) in [5.41, 5.74) is 1.32. The molecule has 0 spiro atoms. The second-order valence-electron chi connectivity index (χ2n) is 3.66. The predicted molar refractivity (Wildman–Crippen MR) is 62.2 cm³/mol. The molecule has 0 radical (unpaired) electrons. The van der Waals surface area contributed by atoms with Gasteiger partial charge in [-0.15, -0.1) is 0 Å². The van der Waals surface area contributed by atoms with Crippen molar-refractivity contribution in [1.29, 1.82) is 0 Å². The van der Waals surface area contributed by atoms with E-state index in [0.717, 1.165) is 12.1 Å². The van der Waals surface area contributed by atoms with Gasteiger partial charge in [0.25, 0.3) is 0 Å². The topological polar surface area (TPSA) is 63.4 Å². The number of pyridine rings is 1. The smallest absolute Gasteiger partial charge is 0.383 e. The van der Waals surface area contributed by atoms with Crippen LogP contribution in [0.15, 0.2) is 12.1 Å². The van der Waals surface area contributed by atoms with E-state index in [1.54, 1.807) is 11.9 Å². The zero-order valence-electron chi connectivity index (χ0n) is 10.1. The Hall–Kier alpha value is -1.54. The third-order valence-electron chi connectivity index (χ3n) is 2.31. The van der Waals surface area contributed by atoms with Crippen LogP contribution < -0.4 is 16.2 Å². The summed E-state index contributed by atoms with van der Waals surface area (Å²) < 4.78 is 42.8. The average molecular weight is 264 g/mol. The Morgan fingerprint density at radius 1 is 1.44 bits per heavy atom. The molecule has 102 valence electrons. The number of nitrogen functional groups attached to an aromatic ring is 1. The molecule has 0 saturated heterocycles. The Morgan fingerprint density at radius 3 is 2.61 bits per heavy atom. The van der Waals surface area contributed by atoms with E-state index in [9.17, 15) is 13.2 Å². The monoisotopic (exact) mass is 264 g/mol. The van der Waals surface area contributed by atoms with Crippen LogP contribution in [0.2, 0.25) is 0 Å². The lowest BCUT2D eigenvalue weighted by Crippen LogP contribution is -2.24. The molecule has 1 aromatic rings. The van der Waals surface area contributed by atoms with Crippen LogP contribution in [-0.2, 0) is 10.9 Å². The van der Waals surface area contributed by atoms with Crippen molar-refractivity contribution < 1.29 is 17.9 Å². The lowest BCUT2D eigenvalue weighted by atomic mass is 10.2. The summed E-state index contributed by atoms with van der Waals surface area (Å²) in [6.45, 7) is 0.814. The molecule has 0 saturated carbocycles. The van der Waals surface area contributed by atoms with Gasteiger partial charge in [-0.2, -0.15) is 13.2 Å². The highest BCUT2D eigenvalue weighted by Crippen LogP contribution is 2.32. The molecule has 0 aliphatic rings. The van der Waals surface area contributed by atoms with Gasteiger partial charge >= 0.3 is 6.18 Å². The van der Waals surface area contributed by atoms with Crippen LogP contribution in [0, 0.1) is 0 Å². The van der Waals surface area contributed by atoms with E-state index in [-0.39, 0.29) is 11.6 Å². The van der Waals surface area contributed by atoms with Gasteiger partial charge < -0.3 is 15.1 Å². The molecule has 0 amide bonds. The van der Waals surface area contributed by atoms with Crippen molar-refractivity contribution in [3.63, 3.8) is 0 Å². The number of anilines is 2. The number of rotatable bonds is 5. The molecule has 1 heterocycles. The van der Waals surface area contributed by atoms with E-state index in [0.29, 0.717) is 13.2 Å². The highest BCUT2D eigenvalue weighted by atomic mass is 19.4. The molecule has 0 aromatic carbocycles. The van der Waals surface area contributed by atoms with Crippen LogP contribution in [0.3, 0.4) is 0 Å². The van der Waals surface area contributed by atoms with Gasteiger partial charge in [0.05, 0.1) is 12.2 Å². The van der Waals surface area contributed by atoms with E-state index >= 15 is 0 Å². The number of hydrazine groups is 1. The fraction of sp³-hybridized carbons (Fsp3) is 0.500. The number of nitrogens with one attached hydrogen (secondary N) is 1. The van der Waals surface area contributed by atoms with Gasteiger partial charge in [0.2, 0.25) is 0 Å². The molecular weight excluding hydrogens is 249 g/mol. The maximum Gasteiger partial charge on any atom is 0.416 e. The zero-order valence-corrected chi connectivity index (χ0v) is 10.1. The van der Waals surface area contributed by atoms with E-state index in [4.69, 9.17) is 10.6 Å². The number of aromatic nitrogens is 1. The zero-order chi connectivity index (χ0) is 13.8. The predicted octanol–water partition coefficient (Wildman–Crippen LogP) is 1.47. The number of nitrogens with two attached hydrogens (primary N) is 1. The second-order valence-corrected chi connectivity index (χ2v) is 3.66. The highest BCUT2D eigenvalue weighted by molar-refractivity contribution is 5.50. The molecule has 0 aliphatic carbocycles. The molecule has 0 bridgehead atoms. The van der Waals surface area contributed by atoms with E-state index in [1.807, 2.05) is 0 Å². The summed E-state index contributed by atoms with van der Waals surface area (Å²) in [6.07, 6.45) is -4.44. The van der Waals surface area contributed by atoms with Crippen LogP contribution in [-0.4, -0.2) is 32.3 Å². The normalized spacial score (nSPS) is 11.4. The third-order valence-corrected chi connectivity index (χ3v) is 2.31. The van der Waals surface area contributed by atoms with Crippen molar-refractivity contribution in [2.24, 2.45) is 5.84 Å². The minimum absolute atomic E-state index is 0.0379. The Bertz CT molecular complexity index is 397. The standard InChI is InChI=1S/C10H15F3N4O/c1-17(3-4-18-2)9-6-7(10(11,12)13)5-8(15-9)16-14/h5-6H,3-4,14H2,1-2H3,(H,15,16). The molecule has 0 aliphatic heterocycles. The molecule has 3 N–H and O–H groups in total. The molecule has 0 fully saturated rings. The third kappa shape index (κ3) is 3.74. The molecular formula is C10H15F3N4O. The van der Waals surface area contributed by atoms with Crippen LogP contribution >= 0.6 is 0 Å². The average Bonchev–Trinajstić information content (AvgIpc) is 2.34. The van der Waals surface area contributed by atoms with Crippen LogP contribution in [0.25, 0.3) is 0 Å². The van der Waals surface area contributed by atoms with Crippen LogP contribution in [0.1, 0.15) is 5.56 Å². The first-order valence-corrected chi connectivity index (χ1v) is 5.14. The molecule has 0 unspecified atom stereocenters. The van der Waals surface area contributed by atoms with Gasteiger partial charge in [-0.25, -0.2) is 10.8 Å². The Balaban J connectivity index is 3.04. The first kappa shape index (κ1) is 14.5. The van der Waals surface area contributed by atoms with Gasteiger partial charge in [0.1, 0.15) is 11.6 Å². The first-order chi connectivity index (χ1) is 8.38. The number of ether oxygens (including phenoxy) is 1. The maximum absolute atomic E-state index is 12.7. The molecule has 18 heavy (non-hydrogen) atoms. The molecule has 1 rings (SSSR count). The summed E-state index contributed by atoms with van der Waals surface area (Å²) in [5.74, 6) is 5.25. The number of nitrogens with zero attached hydrogens (tertiary/aromatic N) is 2. The number of likely N-dealkylation sites (N-methyl/N-ethyl adjacent to an activating group) is 1. The molecule has 5 nitrogen and oxygen atoms in total. The van der Waals surface area contributed by atoms with Crippen LogP contribution in [0.5, 0.6) is 0 Å². The summed E-state index contributed by atoms with van der Waals surface area (Å²) >= 11 is 0. The summed E-state index contributed by atoms with van der Waals surface area (Å²) in [7, 11) is 3.14. The van der Waals surface area contributed by atoms with Crippen molar-refractivity contribution >= 4 is 11.6 Å². The van der Waals surface area contributed by atoms with E-state index < -0.39 is 11.7 Å². The van der Waals surface area contributed by atoms with Crippen LogP contribution in [0.4, 0.5) is 24.8 Å². The quantitative estimate of drug-likeness (QED) is 0.623. The lowest BCUT2D eigenvalue weighted by Gasteiger charge is -2.20. The van der Waals surface area contributed by atoms with Crippen molar-refractivity contribution in [3.8, 4) is 0 Å². The van der Waals surface area contributed by atoms with Crippen molar-refractivity contribution in [2.45, 2.75) is 6.18 Å². The Morgan fingerprint density at radius 2 is 2.11 bits per heavy atom. The van der Waals surface area contributed by atoms with Gasteiger partial charge in [0, 0.05) is 20.7 Å². The number of methoxy groups -OCH3 is 1. The van der Waals surface area contributed by atoms with Crippen molar-refractivity contribution in [1.82, 2.24) is 4.98 Å². The SMILES string of the molecule is COCCN(C)c1cc(C(F)(F)F)cc(NN)n1. The lowest BCUT2D eigenvalue weighted by molar-refractivity contribution is -0.137. The van der Waals surface area contributed by atoms with E-state index in [1.165, 1.54) is 7.11 Å². The van der Waals surface area contributed by atoms with E-state index in [2.05, 4.69) is 10.4 Å². The molecule has 1 aromatic heterocycles. The second kappa shape index (κ2) is 5.87. The number of hydrogen-bond donors (Lipinski definition) is 2. The fourth-order valence-electron chi connectivity index (χ4n) is 1.29. The van der Waals surface area contributed by atoms with Gasteiger partial charge in [-0.3, -0.25) is 0 Å². The van der Waals surface area contributed by atoms with Crippen molar-refractivity contribution in [2.75, 3.05) is 37.6 Å². The largest absolute Gasteiger partial charge is 0.416 e. The van der Waals surface area contributed by atoms with Gasteiger partial charge in [0.15, 0.2) is 0 Å². The van der Waals surface area contributed by atoms with Gasteiger partial charge in [-0.05, 0) is 12.1 Å². The summed E-state index contributed by atoms with van der Waals surface area (Å²) in [5, 5.41) is 0. The molecule has 0 atom stereocenters.